The standard InChI is InChI=1S/C11H14F3N3O3/c1-3-4-20-8-6-15-5-7(16-8)17-10(2,9(18)19)11(12,13)14/h5-6H,3-4H2,1-2H3,(H,16,17)(H,18,19). The smallest absolute Gasteiger partial charge is 0.422 e. The van der Waals surface area contributed by atoms with E-state index < -0.39 is 17.7 Å². The lowest BCUT2D eigenvalue weighted by Gasteiger charge is -2.28. The van der Waals surface area contributed by atoms with Gasteiger partial charge in [0, 0.05) is 0 Å². The zero-order valence-corrected chi connectivity index (χ0v) is 10.9. The monoisotopic (exact) mass is 293 g/mol. The van der Waals surface area contributed by atoms with Gasteiger partial charge in [-0.3, -0.25) is 4.98 Å². The van der Waals surface area contributed by atoms with Crippen LogP contribution in [0.25, 0.3) is 0 Å². The topological polar surface area (TPSA) is 84.3 Å². The zero-order valence-electron chi connectivity index (χ0n) is 10.9. The number of rotatable bonds is 6. The van der Waals surface area contributed by atoms with Gasteiger partial charge in [0.25, 0.3) is 0 Å². The molecule has 0 aliphatic rings. The van der Waals surface area contributed by atoms with Crippen molar-refractivity contribution in [3.8, 4) is 5.88 Å². The van der Waals surface area contributed by atoms with E-state index in [1.54, 1.807) is 0 Å². The second kappa shape index (κ2) is 5.93. The highest BCUT2D eigenvalue weighted by Crippen LogP contribution is 2.33. The molecular formula is C11H14F3N3O3. The van der Waals surface area contributed by atoms with Gasteiger partial charge in [0.2, 0.25) is 11.4 Å². The van der Waals surface area contributed by atoms with E-state index in [2.05, 4.69) is 9.97 Å². The van der Waals surface area contributed by atoms with Crippen molar-refractivity contribution in [2.24, 2.45) is 0 Å². The molecule has 6 nitrogen and oxygen atoms in total. The number of halogens is 3. The van der Waals surface area contributed by atoms with E-state index in [9.17, 15) is 18.0 Å². The largest absolute Gasteiger partial charge is 0.479 e. The summed E-state index contributed by atoms with van der Waals surface area (Å²) >= 11 is 0. The zero-order chi connectivity index (χ0) is 15.4. The molecular weight excluding hydrogens is 279 g/mol. The molecule has 1 aromatic rings. The third kappa shape index (κ3) is 3.49. The highest BCUT2D eigenvalue weighted by molar-refractivity contribution is 5.83. The minimum Gasteiger partial charge on any atom is -0.479 e. The Kier molecular flexibility index (Phi) is 4.74. The average Bonchev–Trinajstić information content (AvgIpc) is 2.35. The minimum absolute atomic E-state index is 0.0202. The molecule has 0 bridgehead atoms. The third-order valence-corrected chi connectivity index (χ3v) is 2.44. The number of hydrogen-bond donors (Lipinski definition) is 2. The van der Waals surface area contributed by atoms with Crippen molar-refractivity contribution in [1.82, 2.24) is 9.97 Å². The maximum atomic E-state index is 12.8. The molecule has 0 aliphatic carbocycles. The Hall–Kier alpha value is -2.06. The van der Waals surface area contributed by atoms with E-state index in [1.165, 1.54) is 6.20 Å². The number of carboxylic acids is 1. The number of ether oxygens (including phenoxy) is 1. The van der Waals surface area contributed by atoms with E-state index in [-0.39, 0.29) is 11.7 Å². The van der Waals surface area contributed by atoms with Gasteiger partial charge in [0.05, 0.1) is 19.0 Å². The predicted molar refractivity (Wildman–Crippen MR) is 63.5 cm³/mol. The molecule has 0 fully saturated rings. The van der Waals surface area contributed by atoms with Gasteiger partial charge in [-0.25, -0.2) is 4.79 Å². The molecule has 0 aromatic carbocycles. The highest BCUT2D eigenvalue weighted by atomic mass is 19.4. The molecule has 20 heavy (non-hydrogen) atoms. The van der Waals surface area contributed by atoms with Crippen molar-refractivity contribution >= 4 is 11.8 Å². The average molecular weight is 293 g/mol. The van der Waals surface area contributed by atoms with E-state index in [1.807, 2.05) is 12.2 Å². The lowest BCUT2D eigenvalue weighted by Crippen LogP contribution is -2.55. The summed E-state index contributed by atoms with van der Waals surface area (Å²) in [6.45, 7) is 2.69. The second-order valence-electron chi connectivity index (χ2n) is 4.14. The van der Waals surface area contributed by atoms with Crippen molar-refractivity contribution in [1.29, 1.82) is 0 Å². The molecule has 9 heteroatoms. The van der Waals surface area contributed by atoms with Crippen molar-refractivity contribution in [3.63, 3.8) is 0 Å². The number of aromatic nitrogens is 2. The lowest BCUT2D eigenvalue weighted by atomic mass is 10.0. The summed E-state index contributed by atoms with van der Waals surface area (Å²) in [5.74, 6) is -2.38. The van der Waals surface area contributed by atoms with Crippen molar-refractivity contribution in [2.45, 2.75) is 32.0 Å². The maximum absolute atomic E-state index is 12.8. The molecule has 0 radical (unpaired) electrons. The van der Waals surface area contributed by atoms with Crippen LogP contribution in [0.15, 0.2) is 12.4 Å². The van der Waals surface area contributed by atoms with Crippen LogP contribution in [-0.4, -0.2) is 39.4 Å². The van der Waals surface area contributed by atoms with Crippen LogP contribution >= 0.6 is 0 Å². The molecule has 0 saturated heterocycles. The minimum atomic E-state index is -5.00. The Balaban J connectivity index is 2.98. The van der Waals surface area contributed by atoms with Gasteiger partial charge < -0.3 is 15.2 Å². The molecule has 1 heterocycles. The lowest BCUT2D eigenvalue weighted by molar-refractivity contribution is -0.193. The summed E-state index contributed by atoms with van der Waals surface area (Å²) in [5.41, 5.74) is -3.16. The fourth-order valence-electron chi connectivity index (χ4n) is 1.19. The fraction of sp³-hybridized carbons (Fsp3) is 0.545. The summed E-state index contributed by atoms with van der Waals surface area (Å²) in [6.07, 6.45) is -2.09. The van der Waals surface area contributed by atoms with Crippen molar-refractivity contribution in [3.05, 3.63) is 12.4 Å². The first kappa shape index (κ1) is 16.0. The first-order chi connectivity index (χ1) is 9.20. The van der Waals surface area contributed by atoms with Crippen molar-refractivity contribution < 1.29 is 27.8 Å². The van der Waals surface area contributed by atoms with E-state index in [0.29, 0.717) is 20.0 Å². The van der Waals surface area contributed by atoms with E-state index in [4.69, 9.17) is 9.84 Å². The van der Waals surface area contributed by atoms with Crippen molar-refractivity contribution in [2.75, 3.05) is 11.9 Å². The molecule has 0 amide bonds. The number of nitrogens with one attached hydrogen (secondary N) is 1. The Labute approximate surface area is 113 Å². The molecule has 0 spiro atoms. The number of aliphatic carboxylic acids is 1. The summed E-state index contributed by atoms with van der Waals surface area (Å²) in [6, 6.07) is 0. The second-order valence-corrected chi connectivity index (χ2v) is 4.14. The number of anilines is 1. The Morgan fingerprint density at radius 1 is 1.45 bits per heavy atom. The molecule has 1 atom stereocenters. The molecule has 1 rings (SSSR count). The Morgan fingerprint density at radius 3 is 2.60 bits per heavy atom. The third-order valence-electron chi connectivity index (χ3n) is 2.44. The normalized spacial score (nSPS) is 14.4. The van der Waals surface area contributed by atoms with Crippen LogP contribution in [0, 0.1) is 0 Å². The summed E-state index contributed by atoms with van der Waals surface area (Å²) in [7, 11) is 0. The molecule has 112 valence electrons. The summed E-state index contributed by atoms with van der Waals surface area (Å²) < 4.78 is 43.6. The molecule has 0 aliphatic heterocycles. The highest BCUT2D eigenvalue weighted by Gasteiger charge is 2.57. The quantitative estimate of drug-likeness (QED) is 0.835. The van der Waals surface area contributed by atoms with Gasteiger partial charge >= 0.3 is 12.1 Å². The Bertz CT molecular complexity index is 481. The van der Waals surface area contributed by atoms with Gasteiger partial charge in [-0.2, -0.15) is 18.2 Å². The SMILES string of the molecule is CCCOc1cncc(NC(C)(C(=O)O)C(F)(F)F)n1. The summed E-state index contributed by atoms with van der Waals surface area (Å²) in [4.78, 5) is 18.3. The molecule has 1 aromatic heterocycles. The van der Waals surface area contributed by atoms with Gasteiger partial charge in [-0.05, 0) is 13.3 Å². The van der Waals surface area contributed by atoms with E-state index >= 15 is 0 Å². The van der Waals surface area contributed by atoms with Crippen LogP contribution in [0.3, 0.4) is 0 Å². The number of nitrogens with zero attached hydrogens (tertiary/aromatic N) is 2. The van der Waals surface area contributed by atoms with Crippen LogP contribution < -0.4 is 10.1 Å². The molecule has 0 saturated carbocycles. The maximum Gasteiger partial charge on any atom is 0.422 e. The van der Waals surface area contributed by atoms with E-state index in [0.717, 1.165) is 6.20 Å². The van der Waals surface area contributed by atoms with Crippen LogP contribution in [0.2, 0.25) is 0 Å². The van der Waals surface area contributed by atoms with Crippen LogP contribution in [-0.2, 0) is 4.79 Å². The number of carbonyl (C=O) groups is 1. The first-order valence-corrected chi connectivity index (χ1v) is 5.74. The van der Waals surface area contributed by atoms with Crippen LogP contribution in [0.4, 0.5) is 19.0 Å². The number of carboxylic acid groups (broad SMARTS) is 1. The molecule has 2 N–H and O–H groups in total. The van der Waals surface area contributed by atoms with Gasteiger partial charge in [0.1, 0.15) is 5.82 Å². The van der Waals surface area contributed by atoms with Crippen LogP contribution in [0.1, 0.15) is 20.3 Å². The predicted octanol–water partition coefficient (Wildman–Crippen LogP) is 2.08. The summed E-state index contributed by atoms with van der Waals surface area (Å²) in [5, 5.41) is 10.6. The fourth-order valence-corrected chi connectivity index (χ4v) is 1.19. The number of alkyl halides is 3. The number of hydrogen-bond acceptors (Lipinski definition) is 5. The first-order valence-electron chi connectivity index (χ1n) is 5.74. The van der Waals surface area contributed by atoms with Crippen LogP contribution in [0.5, 0.6) is 5.88 Å². The van der Waals surface area contributed by atoms with Gasteiger partial charge in [-0.1, -0.05) is 6.92 Å². The van der Waals surface area contributed by atoms with Gasteiger partial charge in [-0.15, -0.1) is 0 Å². The molecule has 1 unspecified atom stereocenters. The Morgan fingerprint density at radius 2 is 2.10 bits per heavy atom. The van der Waals surface area contributed by atoms with Gasteiger partial charge in [0.15, 0.2) is 0 Å².